The molecule has 1 saturated carbocycles. The summed E-state index contributed by atoms with van der Waals surface area (Å²) in [5.74, 6) is 1.19. The number of hydrogen-bond acceptors (Lipinski definition) is 5. The highest BCUT2D eigenvalue weighted by molar-refractivity contribution is 5.69. The van der Waals surface area contributed by atoms with Gasteiger partial charge in [0.05, 0.1) is 12.3 Å². The molecule has 0 aromatic carbocycles. The van der Waals surface area contributed by atoms with Crippen molar-refractivity contribution in [3.05, 3.63) is 17.0 Å². The standard InChI is InChI=1S/C17H28N4O2/c1-4-23-17(22)10-21-12(3)14(11(2)19-21)8-20-7-13-5-6-16(18)15(13)9-20/h13,15-16H,4-10,18H2,1-3H3. The van der Waals surface area contributed by atoms with Crippen molar-refractivity contribution < 1.29 is 9.53 Å². The number of carbonyl (C=O) groups excluding carboxylic acids is 1. The number of rotatable bonds is 5. The van der Waals surface area contributed by atoms with Crippen molar-refractivity contribution in [1.82, 2.24) is 14.7 Å². The Morgan fingerprint density at radius 1 is 1.35 bits per heavy atom. The van der Waals surface area contributed by atoms with Crippen LogP contribution in [0.4, 0.5) is 0 Å². The van der Waals surface area contributed by atoms with Crippen molar-refractivity contribution in [3.63, 3.8) is 0 Å². The van der Waals surface area contributed by atoms with Crippen LogP contribution in [0.5, 0.6) is 0 Å². The van der Waals surface area contributed by atoms with Crippen molar-refractivity contribution in [1.29, 1.82) is 0 Å². The Kier molecular flexibility index (Phi) is 4.73. The Labute approximate surface area is 138 Å². The van der Waals surface area contributed by atoms with Gasteiger partial charge in [0.2, 0.25) is 0 Å². The topological polar surface area (TPSA) is 73.4 Å². The van der Waals surface area contributed by atoms with Crippen LogP contribution in [0.25, 0.3) is 0 Å². The molecule has 1 saturated heterocycles. The third-order valence-corrected chi connectivity index (χ3v) is 5.49. The molecule has 128 valence electrons. The molecule has 6 nitrogen and oxygen atoms in total. The van der Waals surface area contributed by atoms with E-state index < -0.39 is 0 Å². The Bertz CT molecular complexity index is 583. The predicted octanol–water partition coefficient (Wildman–Crippen LogP) is 1.23. The number of nitrogens with zero attached hydrogens (tertiary/aromatic N) is 3. The van der Waals surface area contributed by atoms with E-state index in [9.17, 15) is 4.79 Å². The van der Waals surface area contributed by atoms with E-state index in [0.29, 0.717) is 18.6 Å². The number of nitrogens with two attached hydrogens (primary N) is 1. The van der Waals surface area contributed by atoms with Gasteiger partial charge in [0.15, 0.2) is 0 Å². The highest BCUT2D eigenvalue weighted by Crippen LogP contribution is 2.37. The molecule has 23 heavy (non-hydrogen) atoms. The molecule has 2 heterocycles. The number of likely N-dealkylation sites (tertiary alicyclic amines) is 1. The molecule has 3 rings (SSSR count). The molecular formula is C17H28N4O2. The average molecular weight is 320 g/mol. The summed E-state index contributed by atoms with van der Waals surface area (Å²) in [5.41, 5.74) is 9.54. The third-order valence-electron chi connectivity index (χ3n) is 5.49. The van der Waals surface area contributed by atoms with Gasteiger partial charge >= 0.3 is 5.97 Å². The van der Waals surface area contributed by atoms with Crippen LogP contribution in [0.1, 0.15) is 36.7 Å². The molecule has 2 fully saturated rings. The molecule has 3 atom stereocenters. The summed E-state index contributed by atoms with van der Waals surface area (Å²) >= 11 is 0. The normalized spacial score (nSPS) is 27.4. The fraction of sp³-hybridized carbons (Fsp3) is 0.765. The maximum absolute atomic E-state index is 11.7. The fourth-order valence-corrected chi connectivity index (χ4v) is 4.20. The van der Waals surface area contributed by atoms with E-state index in [1.54, 1.807) is 4.68 Å². The molecule has 6 heteroatoms. The van der Waals surface area contributed by atoms with Crippen LogP contribution in [0.2, 0.25) is 0 Å². The van der Waals surface area contributed by atoms with Crippen molar-refractivity contribution in [2.24, 2.45) is 17.6 Å². The van der Waals surface area contributed by atoms with Crippen LogP contribution in [0.3, 0.4) is 0 Å². The second-order valence-corrected chi connectivity index (χ2v) is 6.97. The highest BCUT2D eigenvalue weighted by atomic mass is 16.5. The lowest BCUT2D eigenvalue weighted by Crippen LogP contribution is -2.30. The van der Waals surface area contributed by atoms with Gasteiger partial charge in [0.25, 0.3) is 0 Å². The summed E-state index contributed by atoms with van der Waals surface area (Å²) in [6, 6.07) is 0.374. The van der Waals surface area contributed by atoms with Gasteiger partial charge in [0, 0.05) is 36.9 Å². The number of esters is 1. The smallest absolute Gasteiger partial charge is 0.327 e. The molecular weight excluding hydrogens is 292 g/mol. The molecule has 1 aliphatic heterocycles. The van der Waals surface area contributed by atoms with E-state index in [2.05, 4.69) is 10.00 Å². The molecule has 1 aliphatic carbocycles. The van der Waals surface area contributed by atoms with Gasteiger partial charge in [0.1, 0.15) is 6.54 Å². The first kappa shape index (κ1) is 16.5. The summed E-state index contributed by atoms with van der Waals surface area (Å²) in [6.45, 7) is 9.61. The lowest BCUT2D eigenvalue weighted by molar-refractivity contribution is -0.144. The van der Waals surface area contributed by atoms with E-state index in [1.807, 2.05) is 20.8 Å². The quantitative estimate of drug-likeness (QED) is 0.826. The summed E-state index contributed by atoms with van der Waals surface area (Å²) in [4.78, 5) is 14.2. The zero-order chi connectivity index (χ0) is 16.6. The molecule has 0 amide bonds. The monoisotopic (exact) mass is 320 g/mol. The lowest BCUT2D eigenvalue weighted by Gasteiger charge is -2.18. The van der Waals surface area contributed by atoms with Crippen LogP contribution in [0, 0.1) is 25.7 Å². The van der Waals surface area contributed by atoms with Gasteiger partial charge < -0.3 is 10.5 Å². The predicted molar refractivity (Wildman–Crippen MR) is 87.8 cm³/mol. The van der Waals surface area contributed by atoms with Gasteiger partial charge in [-0.25, -0.2) is 0 Å². The maximum atomic E-state index is 11.7. The highest BCUT2D eigenvalue weighted by Gasteiger charge is 2.41. The number of aryl methyl sites for hydroxylation is 1. The Hall–Kier alpha value is -1.40. The molecule has 2 N–H and O–H groups in total. The van der Waals surface area contributed by atoms with Gasteiger partial charge in [-0.15, -0.1) is 0 Å². The SMILES string of the molecule is CCOC(=O)Cn1nc(C)c(CN2CC3CCC(N)C3C2)c1C. The van der Waals surface area contributed by atoms with Crippen molar-refractivity contribution >= 4 is 5.97 Å². The van der Waals surface area contributed by atoms with Crippen molar-refractivity contribution in [2.45, 2.75) is 52.7 Å². The Morgan fingerprint density at radius 3 is 2.83 bits per heavy atom. The van der Waals surface area contributed by atoms with Crippen molar-refractivity contribution in [3.8, 4) is 0 Å². The lowest BCUT2D eigenvalue weighted by atomic mass is 9.98. The Morgan fingerprint density at radius 2 is 2.13 bits per heavy atom. The van der Waals surface area contributed by atoms with E-state index in [0.717, 1.165) is 36.9 Å². The number of fused-ring (bicyclic) bond motifs is 1. The molecule has 1 aromatic rings. The second kappa shape index (κ2) is 6.61. The number of ether oxygens (including phenoxy) is 1. The first-order chi connectivity index (χ1) is 11.0. The second-order valence-electron chi connectivity index (χ2n) is 6.97. The molecule has 0 bridgehead atoms. The molecule has 1 aromatic heterocycles. The summed E-state index contributed by atoms with van der Waals surface area (Å²) in [7, 11) is 0. The van der Waals surface area contributed by atoms with Crippen LogP contribution in [-0.2, 0) is 22.6 Å². The van der Waals surface area contributed by atoms with E-state index >= 15 is 0 Å². The number of carbonyl (C=O) groups is 1. The van der Waals surface area contributed by atoms with Crippen molar-refractivity contribution in [2.75, 3.05) is 19.7 Å². The molecule has 0 spiro atoms. The van der Waals surface area contributed by atoms with E-state index in [-0.39, 0.29) is 12.5 Å². The van der Waals surface area contributed by atoms with Crippen LogP contribution >= 0.6 is 0 Å². The number of hydrogen-bond donors (Lipinski definition) is 1. The summed E-state index contributed by atoms with van der Waals surface area (Å²) < 4.78 is 6.79. The number of aromatic nitrogens is 2. The van der Waals surface area contributed by atoms with E-state index in [1.165, 1.54) is 18.4 Å². The summed E-state index contributed by atoms with van der Waals surface area (Å²) in [5, 5.41) is 4.53. The molecule has 2 aliphatic rings. The summed E-state index contributed by atoms with van der Waals surface area (Å²) in [6.07, 6.45) is 2.45. The van der Waals surface area contributed by atoms with Gasteiger partial charge in [-0.1, -0.05) is 0 Å². The Balaban J connectivity index is 1.67. The van der Waals surface area contributed by atoms with Gasteiger partial charge in [-0.05, 0) is 45.4 Å². The maximum Gasteiger partial charge on any atom is 0.327 e. The first-order valence-corrected chi connectivity index (χ1v) is 8.66. The largest absolute Gasteiger partial charge is 0.465 e. The zero-order valence-corrected chi connectivity index (χ0v) is 14.4. The van der Waals surface area contributed by atoms with Gasteiger partial charge in [-0.3, -0.25) is 14.4 Å². The zero-order valence-electron chi connectivity index (χ0n) is 14.4. The minimum absolute atomic E-state index is 0.191. The third kappa shape index (κ3) is 3.28. The average Bonchev–Trinajstić information content (AvgIpc) is 3.12. The molecule has 3 unspecified atom stereocenters. The first-order valence-electron chi connectivity index (χ1n) is 8.66. The van der Waals surface area contributed by atoms with Crippen LogP contribution in [0.15, 0.2) is 0 Å². The van der Waals surface area contributed by atoms with Crippen LogP contribution < -0.4 is 5.73 Å². The van der Waals surface area contributed by atoms with Gasteiger partial charge in [-0.2, -0.15) is 5.10 Å². The van der Waals surface area contributed by atoms with Crippen LogP contribution in [-0.4, -0.2) is 46.4 Å². The molecule has 0 radical (unpaired) electrons. The minimum Gasteiger partial charge on any atom is -0.465 e. The minimum atomic E-state index is -0.230. The van der Waals surface area contributed by atoms with E-state index in [4.69, 9.17) is 10.5 Å². The fourth-order valence-electron chi connectivity index (χ4n) is 4.20.